The molecule has 0 aliphatic carbocycles. The van der Waals surface area contributed by atoms with Crippen LogP contribution in [-0.2, 0) is 16.2 Å². The second-order valence-electron chi connectivity index (χ2n) is 2.51. The Kier molecular flexibility index (Phi) is 3.92. The van der Waals surface area contributed by atoms with E-state index in [-0.39, 0.29) is 5.97 Å². The van der Waals surface area contributed by atoms with Gasteiger partial charge in [0.15, 0.2) is 0 Å². The smallest absolute Gasteiger partial charge is 0.324 e. The van der Waals surface area contributed by atoms with Gasteiger partial charge >= 0.3 is 5.97 Å². The Morgan fingerprint density at radius 2 is 2.54 bits per heavy atom. The summed E-state index contributed by atoms with van der Waals surface area (Å²) in [6.07, 6.45) is 3.79. The first-order chi connectivity index (χ1) is 6.33. The summed E-state index contributed by atoms with van der Waals surface area (Å²) in [5.41, 5.74) is 3.54. The zero-order chi connectivity index (χ0) is 9.52. The third kappa shape index (κ3) is 3.66. The standard InChI is InChI=1S/C9H12N2O2/c1-2-9(12)13-11-7-8-4-3-5-10-6-8/h3-6,11H,2,7H2,1H3. The minimum absolute atomic E-state index is 0.260. The highest BCUT2D eigenvalue weighted by Gasteiger charge is 1.97. The molecule has 0 aromatic carbocycles. The minimum atomic E-state index is -0.260. The first kappa shape index (κ1) is 9.67. The fourth-order valence-corrected chi connectivity index (χ4v) is 0.775. The van der Waals surface area contributed by atoms with Crippen molar-refractivity contribution in [1.82, 2.24) is 10.5 Å². The van der Waals surface area contributed by atoms with Crippen LogP contribution in [0.1, 0.15) is 18.9 Å². The van der Waals surface area contributed by atoms with Crippen LogP contribution < -0.4 is 5.48 Å². The van der Waals surface area contributed by atoms with Gasteiger partial charge < -0.3 is 4.84 Å². The third-order valence-corrected chi connectivity index (χ3v) is 1.47. The zero-order valence-corrected chi connectivity index (χ0v) is 7.49. The van der Waals surface area contributed by atoms with Crippen molar-refractivity contribution in [3.63, 3.8) is 0 Å². The van der Waals surface area contributed by atoms with E-state index in [4.69, 9.17) is 0 Å². The number of nitrogens with zero attached hydrogens (tertiary/aromatic N) is 1. The third-order valence-electron chi connectivity index (χ3n) is 1.47. The van der Waals surface area contributed by atoms with Crippen molar-refractivity contribution in [3.05, 3.63) is 30.1 Å². The van der Waals surface area contributed by atoms with Crippen LogP contribution >= 0.6 is 0 Å². The number of hydrogen-bond donors (Lipinski definition) is 1. The summed E-state index contributed by atoms with van der Waals surface area (Å²) in [5.74, 6) is -0.260. The van der Waals surface area contributed by atoms with E-state index in [9.17, 15) is 4.79 Å². The fourth-order valence-electron chi connectivity index (χ4n) is 0.775. The first-order valence-corrected chi connectivity index (χ1v) is 4.14. The van der Waals surface area contributed by atoms with Crippen LogP contribution in [0.4, 0.5) is 0 Å². The molecule has 0 unspecified atom stereocenters. The average molecular weight is 180 g/mol. The number of carbonyl (C=O) groups is 1. The van der Waals surface area contributed by atoms with E-state index < -0.39 is 0 Å². The van der Waals surface area contributed by atoms with Crippen molar-refractivity contribution in [2.75, 3.05) is 0 Å². The van der Waals surface area contributed by atoms with Gasteiger partial charge in [0.2, 0.25) is 0 Å². The summed E-state index contributed by atoms with van der Waals surface area (Å²) < 4.78 is 0. The van der Waals surface area contributed by atoms with E-state index in [1.807, 2.05) is 12.1 Å². The molecule has 0 atom stereocenters. The molecular weight excluding hydrogens is 168 g/mol. The molecule has 0 bridgehead atoms. The van der Waals surface area contributed by atoms with Gasteiger partial charge in [0.1, 0.15) is 0 Å². The van der Waals surface area contributed by atoms with Crippen molar-refractivity contribution in [1.29, 1.82) is 0 Å². The molecule has 0 saturated heterocycles. The first-order valence-electron chi connectivity index (χ1n) is 4.14. The quantitative estimate of drug-likeness (QED) is 0.703. The second kappa shape index (κ2) is 5.27. The maximum atomic E-state index is 10.7. The maximum Gasteiger partial charge on any atom is 0.324 e. The molecule has 1 aromatic rings. The van der Waals surface area contributed by atoms with Crippen LogP contribution in [0.3, 0.4) is 0 Å². The summed E-state index contributed by atoms with van der Waals surface area (Å²) in [4.78, 5) is 19.3. The fraction of sp³-hybridized carbons (Fsp3) is 0.333. The molecule has 70 valence electrons. The molecule has 0 amide bonds. The molecule has 0 spiro atoms. The van der Waals surface area contributed by atoms with Crippen LogP contribution in [0.25, 0.3) is 0 Å². The Hall–Kier alpha value is -1.42. The van der Waals surface area contributed by atoms with Crippen LogP contribution in [0.5, 0.6) is 0 Å². The summed E-state index contributed by atoms with van der Waals surface area (Å²) in [6.45, 7) is 2.23. The zero-order valence-electron chi connectivity index (χ0n) is 7.49. The Bertz CT molecular complexity index is 262. The van der Waals surface area contributed by atoms with Crippen molar-refractivity contribution < 1.29 is 9.63 Å². The molecule has 4 heteroatoms. The molecular formula is C9H12N2O2. The molecule has 1 heterocycles. The van der Waals surface area contributed by atoms with Gasteiger partial charge in [0.25, 0.3) is 0 Å². The van der Waals surface area contributed by atoms with E-state index in [1.54, 1.807) is 19.3 Å². The molecule has 1 rings (SSSR count). The lowest BCUT2D eigenvalue weighted by Gasteiger charge is -2.03. The molecule has 0 saturated carbocycles. The van der Waals surface area contributed by atoms with E-state index in [1.165, 1.54) is 0 Å². The molecule has 1 N–H and O–H groups in total. The lowest BCUT2D eigenvalue weighted by molar-refractivity contribution is -0.151. The van der Waals surface area contributed by atoms with Gasteiger partial charge in [-0.15, -0.1) is 5.48 Å². The van der Waals surface area contributed by atoms with Gasteiger partial charge in [-0.2, -0.15) is 0 Å². The number of rotatable bonds is 4. The van der Waals surface area contributed by atoms with Crippen LogP contribution in [-0.4, -0.2) is 11.0 Å². The molecule has 0 radical (unpaired) electrons. The van der Waals surface area contributed by atoms with Crippen LogP contribution in [0.2, 0.25) is 0 Å². The number of aromatic nitrogens is 1. The van der Waals surface area contributed by atoms with Crippen molar-refractivity contribution in [2.24, 2.45) is 0 Å². The van der Waals surface area contributed by atoms with Gasteiger partial charge in [0.05, 0.1) is 6.54 Å². The molecule has 13 heavy (non-hydrogen) atoms. The number of nitrogens with one attached hydrogen (secondary N) is 1. The van der Waals surface area contributed by atoms with Crippen LogP contribution in [0.15, 0.2) is 24.5 Å². The highest BCUT2D eigenvalue weighted by molar-refractivity contribution is 5.68. The Morgan fingerprint density at radius 3 is 3.15 bits per heavy atom. The number of carbonyl (C=O) groups excluding carboxylic acids is 1. The van der Waals surface area contributed by atoms with Crippen molar-refractivity contribution >= 4 is 5.97 Å². The number of hydroxylamine groups is 1. The van der Waals surface area contributed by atoms with Gasteiger partial charge in [0, 0.05) is 18.8 Å². The lowest BCUT2D eigenvalue weighted by atomic mass is 10.3. The summed E-state index contributed by atoms with van der Waals surface area (Å²) >= 11 is 0. The summed E-state index contributed by atoms with van der Waals surface area (Å²) in [6, 6.07) is 3.73. The highest BCUT2D eigenvalue weighted by atomic mass is 16.7. The van der Waals surface area contributed by atoms with E-state index in [0.29, 0.717) is 13.0 Å². The van der Waals surface area contributed by atoms with E-state index >= 15 is 0 Å². The minimum Gasteiger partial charge on any atom is -0.370 e. The summed E-state index contributed by atoms with van der Waals surface area (Å²) in [7, 11) is 0. The van der Waals surface area contributed by atoms with Gasteiger partial charge in [-0.3, -0.25) is 9.78 Å². The number of hydrogen-bond acceptors (Lipinski definition) is 4. The van der Waals surface area contributed by atoms with Crippen LogP contribution in [0, 0.1) is 0 Å². The monoisotopic (exact) mass is 180 g/mol. The van der Waals surface area contributed by atoms with Gasteiger partial charge in [-0.05, 0) is 11.6 Å². The lowest BCUT2D eigenvalue weighted by Crippen LogP contribution is -2.18. The number of pyridine rings is 1. The largest absolute Gasteiger partial charge is 0.370 e. The Morgan fingerprint density at radius 1 is 1.69 bits per heavy atom. The molecule has 0 aliphatic rings. The SMILES string of the molecule is CCC(=O)ONCc1cccnc1. The topological polar surface area (TPSA) is 51.2 Å². The second-order valence-corrected chi connectivity index (χ2v) is 2.51. The molecule has 1 aromatic heterocycles. The Balaban J connectivity index is 2.24. The molecule has 4 nitrogen and oxygen atoms in total. The van der Waals surface area contributed by atoms with Gasteiger partial charge in [-0.1, -0.05) is 13.0 Å². The predicted molar refractivity (Wildman–Crippen MR) is 47.5 cm³/mol. The summed E-state index contributed by atoms with van der Waals surface area (Å²) in [5, 5.41) is 0. The van der Waals surface area contributed by atoms with Crippen molar-refractivity contribution in [3.8, 4) is 0 Å². The Labute approximate surface area is 76.9 Å². The highest BCUT2D eigenvalue weighted by Crippen LogP contribution is 1.94. The van der Waals surface area contributed by atoms with Crippen molar-refractivity contribution in [2.45, 2.75) is 19.9 Å². The molecule has 0 aliphatic heterocycles. The van der Waals surface area contributed by atoms with E-state index in [2.05, 4.69) is 15.3 Å². The average Bonchev–Trinajstić information content (AvgIpc) is 2.19. The molecule has 0 fully saturated rings. The maximum absolute atomic E-state index is 10.7. The van der Waals surface area contributed by atoms with Gasteiger partial charge in [-0.25, -0.2) is 0 Å². The van der Waals surface area contributed by atoms with E-state index in [0.717, 1.165) is 5.56 Å². The normalized spacial score (nSPS) is 9.62. The predicted octanol–water partition coefficient (Wildman–Crippen LogP) is 1.04.